The molecule has 0 amide bonds. The molecule has 6 heteroatoms. The molecule has 6 rings (SSSR count). The fraction of sp³-hybridized carbons (Fsp3) is 0.0769. The number of nitrogens with zero attached hydrogens (tertiary/aromatic N) is 5. The van der Waals surface area contributed by atoms with Crippen LogP contribution in [0.5, 0.6) is 0 Å². The molecule has 3 aromatic carbocycles. The Hall–Kier alpha value is -4.32. The van der Waals surface area contributed by atoms with Gasteiger partial charge in [-0.15, -0.1) is 0 Å². The Bertz CT molecular complexity index is 1690. The number of fused-ring (bicyclic) bond motifs is 4. The second-order valence-corrected chi connectivity index (χ2v) is 8.02. The van der Waals surface area contributed by atoms with Gasteiger partial charge in [0, 0.05) is 5.69 Å². The van der Waals surface area contributed by atoms with Gasteiger partial charge in [0.2, 0.25) is 0 Å². The Morgan fingerprint density at radius 1 is 0.719 bits per heavy atom. The number of aryl methyl sites for hydroxylation is 2. The van der Waals surface area contributed by atoms with Gasteiger partial charge in [-0.2, -0.15) is 0 Å². The zero-order chi connectivity index (χ0) is 21.8. The van der Waals surface area contributed by atoms with Gasteiger partial charge in [0.05, 0.1) is 16.7 Å². The highest BCUT2D eigenvalue weighted by Gasteiger charge is 2.21. The van der Waals surface area contributed by atoms with E-state index in [0.717, 1.165) is 33.5 Å². The van der Waals surface area contributed by atoms with Crippen molar-refractivity contribution in [3.8, 4) is 11.4 Å². The molecule has 6 nitrogen and oxygen atoms in total. The average molecular weight is 417 g/mol. The van der Waals surface area contributed by atoms with Crippen LogP contribution in [-0.2, 0) is 0 Å². The summed E-state index contributed by atoms with van der Waals surface area (Å²) in [5.41, 5.74) is 7.01. The van der Waals surface area contributed by atoms with E-state index in [1.807, 2.05) is 59.2 Å². The van der Waals surface area contributed by atoms with Gasteiger partial charge in [-0.3, -0.25) is 13.9 Å². The maximum atomic E-state index is 13.7. The molecular formula is C26H19N5O. The first-order valence-electron chi connectivity index (χ1n) is 10.4. The third-order valence-corrected chi connectivity index (χ3v) is 5.66. The summed E-state index contributed by atoms with van der Waals surface area (Å²) in [6.45, 7) is 4.11. The molecule has 0 aliphatic carbocycles. The monoisotopic (exact) mass is 417 g/mol. The number of hydrogen-bond donors (Lipinski definition) is 0. The lowest BCUT2D eigenvalue weighted by Gasteiger charge is -2.09. The Morgan fingerprint density at radius 2 is 1.38 bits per heavy atom. The number of rotatable bonds is 2. The van der Waals surface area contributed by atoms with Gasteiger partial charge in [0.1, 0.15) is 17.2 Å². The summed E-state index contributed by atoms with van der Waals surface area (Å²) in [5.74, 6) is 0. The van der Waals surface area contributed by atoms with Gasteiger partial charge < -0.3 is 0 Å². The van der Waals surface area contributed by atoms with Crippen molar-refractivity contribution >= 4 is 33.2 Å². The van der Waals surface area contributed by atoms with Gasteiger partial charge in [-0.05, 0) is 61.4 Å². The smallest absolute Gasteiger partial charge is 0.269 e. The van der Waals surface area contributed by atoms with Crippen LogP contribution in [0.15, 0.2) is 83.9 Å². The first-order chi connectivity index (χ1) is 15.6. The number of hydrogen-bond acceptors (Lipinski definition) is 4. The van der Waals surface area contributed by atoms with Gasteiger partial charge in [-0.1, -0.05) is 36.4 Å². The summed E-state index contributed by atoms with van der Waals surface area (Å²) in [6.07, 6.45) is 1.58. The lowest BCUT2D eigenvalue weighted by molar-refractivity contribution is 0.951. The molecule has 0 radical (unpaired) electrons. The molecule has 0 aliphatic rings. The van der Waals surface area contributed by atoms with Crippen molar-refractivity contribution in [1.29, 1.82) is 0 Å². The van der Waals surface area contributed by atoms with Crippen LogP contribution in [0, 0.1) is 13.8 Å². The molecule has 0 atom stereocenters. The molecule has 154 valence electrons. The van der Waals surface area contributed by atoms with Crippen molar-refractivity contribution in [2.24, 2.45) is 0 Å². The Morgan fingerprint density at radius 3 is 2.09 bits per heavy atom. The maximum absolute atomic E-state index is 13.7. The van der Waals surface area contributed by atoms with E-state index < -0.39 is 0 Å². The molecule has 0 spiro atoms. The first kappa shape index (κ1) is 18.4. The number of benzene rings is 3. The van der Waals surface area contributed by atoms with E-state index in [0.29, 0.717) is 22.2 Å². The Kier molecular flexibility index (Phi) is 3.95. The van der Waals surface area contributed by atoms with Crippen LogP contribution in [0.1, 0.15) is 11.1 Å². The second-order valence-electron chi connectivity index (χ2n) is 8.02. The van der Waals surface area contributed by atoms with Crippen LogP contribution in [0.4, 0.5) is 0 Å². The summed E-state index contributed by atoms with van der Waals surface area (Å²) >= 11 is 0. The molecule has 3 heterocycles. The first-order valence-corrected chi connectivity index (χ1v) is 10.4. The highest BCUT2D eigenvalue weighted by atomic mass is 16.1. The van der Waals surface area contributed by atoms with Gasteiger partial charge in [0.15, 0.2) is 11.3 Å². The molecule has 0 aliphatic heterocycles. The van der Waals surface area contributed by atoms with Crippen molar-refractivity contribution in [2.75, 3.05) is 0 Å². The van der Waals surface area contributed by atoms with Crippen molar-refractivity contribution in [1.82, 2.24) is 24.1 Å². The maximum Gasteiger partial charge on any atom is 0.269 e. The fourth-order valence-electron chi connectivity index (χ4n) is 4.33. The van der Waals surface area contributed by atoms with Crippen LogP contribution < -0.4 is 5.56 Å². The molecule has 32 heavy (non-hydrogen) atoms. The Labute approximate surface area is 183 Å². The van der Waals surface area contributed by atoms with Crippen molar-refractivity contribution in [2.45, 2.75) is 13.8 Å². The van der Waals surface area contributed by atoms with Gasteiger partial charge >= 0.3 is 0 Å². The SMILES string of the molecule is Cc1cc(C)cc(-n2c3nc4ccccc4nc3c3c(=O)n(-c4ccccc4)cnc32)c1. The minimum atomic E-state index is -0.168. The highest BCUT2D eigenvalue weighted by Crippen LogP contribution is 2.29. The molecule has 3 aromatic heterocycles. The molecule has 0 saturated heterocycles. The van der Waals surface area contributed by atoms with Crippen LogP contribution in [-0.4, -0.2) is 24.1 Å². The van der Waals surface area contributed by atoms with E-state index in [4.69, 9.17) is 15.0 Å². The van der Waals surface area contributed by atoms with Gasteiger partial charge in [-0.25, -0.2) is 15.0 Å². The predicted molar refractivity (Wildman–Crippen MR) is 127 cm³/mol. The summed E-state index contributed by atoms with van der Waals surface area (Å²) in [6, 6.07) is 23.5. The minimum Gasteiger partial charge on any atom is -0.276 e. The van der Waals surface area contributed by atoms with Gasteiger partial charge in [0.25, 0.3) is 5.56 Å². The summed E-state index contributed by atoms with van der Waals surface area (Å²) < 4.78 is 3.51. The third kappa shape index (κ3) is 2.73. The van der Waals surface area contributed by atoms with E-state index >= 15 is 0 Å². The standard InChI is InChI=1S/C26H19N5O/c1-16-12-17(2)14-19(13-16)31-24-22(23-25(31)29-21-11-7-6-10-20(21)28-23)26(32)30(15-27-24)18-8-4-3-5-9-18/h3-15H,1-2H3. The summed E-state index contributed by atoms with van der Waals surface area (Å²) in [7, 11) is 0. The molecule has 0 saturated carbocycles. The zero-order valence-corrected chi connectivity index (χ0v) is 17.6. The second kappa shape index (κ2) is 6.85. The quantitative estimate of drug-likeness (QED) is 0.402. The zero-order valence-electron chi connectivity index (χ0n) is 17.6. The normalized spacial score (nSPS) is 11.6. The summed E-state index contributed by atoms with van der Waals surface area (Å²) in [5, 5.41) is 0.462. The Balaban J connectivity index is 1.81. The van der Waals surface area contributed by atoms with Crippen LogP contribution in [0.25, 0.3) is 44.6 Å². The van der Waals surface area contributed by atoms with Crippen LogP contribution >= 0.6 is 0 Å². The van der Waals surface area contributed by atoms with Crippen molar-refractivity contribution in [3.05, 3.63) is 101 Å². The van der Waals surface area contributed by atoms with Crippen molar-refractivity contribution in [3.63, 3.8) is 0 Å². The molecule has 0 fully saturated rings. The molecular weight excluding hydrogens is 398 g/mol. The number of para-hydroxylation sites is 3. The van der Waals surface area contributed by atoms with E-state index in [-0.39, 0.29) is 5.56 Å². The molecule has 0 unspecified atom stereocenters. The topological polar surface area (TPSA) is 65.6 Å². The predicted octanol–water partition coefficient (Wildman–Crippen LogP) is 4.89. The van der Waals surface area contributed by atoms with Crippen LogP contribution in [0.3, 0.4) is 0 Å². The molecule has 6 aromatic rings. The lowest BCUT2D eigenvalue weighted by atomic mass is 10.1. The largest absolute Gasteiger partial charge is 0.276 e. The summed E-state index contributed by atoms with van der Waals surface area (Å²) in [4.78, 5) is 28.2. The fourth-order valence-corrected chi connectivity index (χ4v) is 4.33. The van der Waals surface area contributed by atoms with E-state index in [2.05, 4.69) is 32.0 Å². The molecule has 0 bridgehead atoms. The lowest BCUT2D eigenvalue weighted by Crippen LogP contribution is -2.18. The van der Waals surface area contributed by atoms with Crippen LogP contribution in [0.2, 0.25) is 0 Å². The average Bonchev–Trinajstić information content (AvgIpc) is 3.11. The third-order valence-electron chi connectivity index (χ3n) is 5.66. The number of aromatic nitrogens is 5. The van der Waals surface area contributed by atoms with E-state index in [1.165, 1.54) is 0 Å². The van der Waals surface area contributed by atoms with E-state index in [1.54, 1.807) is 10.9 Å². The van der Waals surface area contributed by atoms with Crippen molar-refractivity contribution < 1.29 is 0 Å². The van der Waals surface area contributed by atoms with E-state index in [9.17, 15) is 4.79 Å². The minimum absolute atomic E-state index is 0.168. The highest BCUT2D eigenvalue weighted by molar-refractivity contribution is 6.05. The molecule has 0 N–H and O–H groups in total.